The average Bonchev–Trinajstić information content (AvgIpc) is 3.31. The average molecular weight is 368 g/mol. The summed E-state index contributed by atoms with van der Waals surface area (Å²) >= 11 is 0. The fourth-order valence-electron chi connectivity index (χ4n) is 4.38. The first-order chi connectivity index (χ1) is 12.9. The Morgan fingerprint density at radius 2 is 2.11 bits per heavy atom. The standard InChI is InChI=1S/C19H24N6O2/c1-18(2)13-8-9-19(18,3)16(10-13)21-22-17(26)11-27-15-6-4-14(5-7-15)25-12-20-23-24-25/h4-7,12-13H,8-11H2,1-3H3,(H,22,26)/b21-16-. The van der Waals surface area contributed by atoms with E-state index in [9.17, 15) is 4.79 Å². The van der Waals surface area contributed by atoms with Crippen molar-refractivity contribution in [1.82, 2.24) is 25.6 Å². The minimum absolute atomic E-state index is 0.0788. The fourth-order valence-corrected chi connectivity index (χ4v) is 4.38. The Morgan fingerprint density at radius 3 is 2.70 bits per heavy atom. The predicted octanol–water partition coefficient (Wildman–Crippen LogP) is 2.36. The summed E-state index contributed by atoms with van der Waals surface area (Å²) in [4.78, 5) is 12.1. The van der Waals surface area contributed by atoms with Crippen LogP contribution in [-0.4, -0.2) is 38.4 Å². The van der Waals surface area contributed by atoms with Crippen LogP contribution in [-0.2, 0) is 4.79 Å². The summed E-state index contributed by atoms with van der Waals surface area (Å²) in [5.41, 5.74) is 4.92. The molecule has 8 nitrogen and oxygen atoms in total. The summed E-state index contributed by atoms with van der Waals surface area (Å²) in [6.07, 6.45) is 4.88. The van der Waals surface area contributed by atoms with Gasteiger partial charge in [-0.15, -0.1) is 5.10 Å². The molecule has 0 radical (unpaired) electrons. The summed E-state index contributed by atoms with van der Waals surface area (Å²) in [7, 11) is 0. The highest BCUT2D eigenvalue weighted by Gasteiger charge is 2.59. The number of ether oxygens (including phenoxy) is 1. The third-order valence-corrected chi connectivity index (χ3v) is 6.65. The second-order valence-electron chi connectivity index (χ2n) is 8.12. The number of fused-ring (bicyclic) bond motifs is 2. The lowest BCUT2D eigenvalue weighted by atomic mass is 9.70. The molecule has 2 atom stereocenters. The highest BCUT2D eigenvalue weighted by Crippen LogP contribution is 2.63. The lowest BCUT2D eigenvalue weighted by molar-refractivity contribution is -0.123. The first-order valence-electron chi connectivity index (χ1n) is 9.22. The summed E-state index contributed by atoms with van der Waals surface area (Å²) in [6.45, 7) is 6.83. The highest BCUT2D eigenvalue weighted by atomic mass is 16.5. The molecule has 1 N–H and O–H groups in total. The summed E-state index contributed by atoms with van der Waals surface area (Å²) in [6, 6.07) is 7.19. The van der Waals surface area contributed by atoms with E-state index in [-0.39, 0.29) is 23.3 Å². The summed E-state index contributed by atoms with van der Waals surface area (Å²) in [5.74, 6) is 1.01. The van der Waals surface area contributed by atoms with Gasteiger partial charge in [0.1, 0.15) is 12.1 Å². The number of hydrazone groups is 1. The summed E-state index contributed by atoms with van der Waals surface area (Å²) < 4.78 is 7.09. The molecule has 1 aromatic heterocycles. The molecular formula is C19H24N6O2. The number of nitrogens with one attached hydrogen (secondary N) is 1. The van der Waals surface area contributed by atoms with Gasteiger partial charge in [0.05, 0.1) is 5.69 Å². The van der Waals surface area contributed by atoms with Crippen LogP contribution in [0.4, 0.5) is 0 Å². The number of hydrogen-bond donors (Lipinski definition) is 1. The maximum Gasteiger partial charge on any atom is 0.277 e. The second-order valence-corrected chi connectivity index (χ2v) is 8.12. The van der Waals surface area contributed by atoms with Crippen LogP contribution in [0.1, 0.15) is 40.0 Å². The number of amides is 1. The molecule has 2 aliphatic carbocycles. The van der Waals surface area contributed by atoms with Gasteiger partial charge in [-0.05, 0) is 65.3 Å². The molecule has 2 aliphatic rings. The molecule has 142 valence electrons. The minimum Gasteiger partial charge on any atom is -0.484 e. The number of benzene rings is 1. The third kappa shape index (κ3) is 2.98. The molecule has 27 heavy (non-hydrogen) atoms. The molecule has 1 aromatic carbocycles. The maximum absolute atomic E-state index is 12.1. The number of rotatable bonds is 5. The Bertz CT molecular complexity index is 859. The van der Waals surface area contributed by atoms with Crippen LogP contribution >= 0.6 is 0 Å². The highest BCUT2D eigenvalue weighted by molar-refractivity contribution is 5.95. The van der Waals surface area contributed by atoms with Crippen molar-refractivity contribution in [2.45, 2.75) is 40.0 Å². The van der Waals surface area contributed by atoms with E-state index >= 15 is 0 Å². The lowest BCUT2D eigenvalue weighted by Crippen LogP contribution is -2.35. The predicted molar refractivity (Wildman–Crippen MR) is 99.5 cm³/mol. The van der Waals surface area contributed by atoms with E-state index in [1.807, 2.05) is 12.1 Å². The van der Waals surface area contributed by atoms with Crippen molar-refractivity contribution in [2.24, 2.45) is 21.8 Å². The lowest BCUT2D eigenvalue weighted by Gasteiger charge is -2.34. The van der Waals surface area contributed by atoms with Crippen LogP contribution in [0.15, 0.2) is 35.7 Å². The van der Waals surface area contributed by atoms with Gasteiger partial charge in [-0.25, -0.2) is 10.1 Å². The van der Waals surface area contributed by atoms with Gasteiger partial charge in [-0.2, -0.15) is 5.10 Å². The SMILES string of the molecule is CC12CCC(C/C1=N/NC(=O)COc1ccc(-n3cnnn3)cc1)C2(C)C. The van der Waals surface area contributed by atoms with E-state index in [1.165, 1.54) is 12.7 Å². The molecular weight excluding hydrogens is 344 g/mol. The molecule has 0 saturated heterocycles. The Labute approximate surface area is 158 Å². The van der Waals surface area contributed by atoms with Crippen LogP contribution in [0, 0.1) is 16.7 Å². The van der Waals surface area contributed by atoms with E-state index in [2.05, 4.69) is 46.8 Å². The van der Waals surface area contributed by atoms with E-state index in [4.69, 9.17) is 4.74 Å². The van der Waals surface area contributed by atoms with Crippen LogP contribution in [0.25, 0.3) is 5.69 Å². The van der Waals surface area contributed by atoms with Crippen LogP contribution < -0.4 is 10.2 Å². The van der Waals surface area contributed by atoms with Crippen molar-refractivity contribution in [3.05, 3.63) is 30.6 Å². The van der Waals surface area contributed by atoms with Gasteiger partial charge >= 0.3 is 0 Å². The van der Waals surface area contributed by atoms with Crippen molar-refractivity contribution in [3.8, 4) is 11.4 Å². The molecule has 0 spiro atoms. The Hall–Kier alpha value is -2.77. The number of carbonyl (C=O) groups is 1. The Morgan fingerprint density at radius 1 is 1.33 bits per heavy atom. The van der Waals surface area contributed by atoms with Crippen LogP contribution in [0.3, 0.4) is 0 Å². The van der Waals surface area contributed by atoms with Gasteiger partial charge in [0, 0.05) is 11.1 Å². The number of carbonyl (C=O) groups excluding carboxylic acids is 1. The smallest absolute Gasteiger partial charge is 0.277 e. The molecule has 4 rings (SSSR count). The number of nitrogens with zero attached hydrogens (tertiary/aromatic N) is 5. The quantitative estimate of drug-likeness (QED) is 0.818. The molecule has 8 heteroatoms. The number of tetrazole rings is 1. The molecule has 1 heterocycles. The molecule has 2 fully saturated rings. The van der Waals surface area contributed by atoms with E-state index < -0.39 is 0 Å². The normalized spacial score (nSPS) is 27.1. The Balaban J connectivity index is 1.32. The van der Waals surface area contributed by atoms with E-state index in [0.29, 0.717) is 11.7 Å². The molecule has 1 amide bonds. The monoisotopic (exact) mass is 368 g/mol. The van der Waals surface area contributed by atoms with E-state index in [1.54, 1.807) is 16.8 Å². The number of aromatic nitrogens is 4. The zero-order valence-corrected chi connectivity index (χ0v) is 15.8. The zero-order chi connectivity index (χ0) is 19.1. The minimum atomic E-state index is -0.253. The van der Waals surface area contributed by atoms with Crippen molar-refractivity contribution in [3.63, 3.8) is 0 Å². The first-order valence-corrected chi connectivity index (χ1v) is 9.22. The van der Waals surface area contributed by atoms with Gasteiger partial charge in [-0.3, -0.25) is 4.79 Å². The molecule has 2 unspecified atom stereocenters. The Kier molecular flexibility index (Phi) is 4.20. The topological polar surface area (TPSA) is 94.3 Å². The van der Waals surface area contributed by atoms with Crippen molar-refractivity contribution in [1.29, 1.82) is 0 Å². The molecule has 2 saturated carbocycles. The van der Waals surface area contributed by atoms with Gasteiger partial charge in [0.25, 0.3) is 5.91 Å². The van der Waals surface area contributed by atoms with Gasteiger partial charge < -0.3 is 4.74 Å². The van der Waals surface area contributed by atoms with Crippen LogP contribution in [0.2, 0.25) is 0 Å². The molecule has 0 aliphatic heterocycles. The maximum atomic E-state index is 12.1. The zero-order valence-electron chi connectivity index (χ0n) is 15.8. The van der Waals surface area contributed by atoms with Crippen molar-refractivity contribution >= 4 is 11.6 Å². The van der Waals surface area contributed by atoms with Gasteiger partial charge in [-0.1, -0.05) is 20.8 Å². The second kappa shape index (κ2) is 6.44. The van der Waals surface area contributed by atoms with E-state index in [0.717, 1.165) is 24.2 Å². The van der Waals surface area contributed by atoms with Gasteiger partial charge in [0.2, 0.25) is 0 Å². The van der Waals surface area contributed by atoms with Crippen molar-refractivity contribution < 1.29 is 9.53 Å². The van der Waals surface area contributed by atoms with Gasteiger partial charge in [0.15, 0.2) is 6.61 Å². The summed E-state index contributed by atoms with van der Waals surface area (Å²) in [5, 5.41) is 15.5. The third-order valence-electron chi connectivity index (χ3n) is 6.65. The molecule has 2 bridgehead atoms. The largest absolute Gasteiger partial charge is 0.484 e. The number of hydrogen-bond acceptors (Lipinski definition) is 6. The fraction of sp³-hybridized carbons (Fsp3) is 0.526. The van der Waals surface area contributed by atoms with Crippen molar-refractivity contribution in [2.75, 3.05) is 6.61 Å². The molecule has 2 aromatic rings. The first kappa shape index (κ1) is 17.6. The van der Waals surface area contributed by atoms with Crippen LogP contribution in [0.5, 0.6) is 5.75 Å².